The van der Waals surface area contributed by atoms with Crippen molar-refractivity contribution in [3.05, 3.63) is 88.5 Å². The van der Waals surface area contributed by atoms with Crippen molar-refractivity contribution < 1.29 is 19.2 Å². The summed E-state index contributed by atoms with van der Waals surface area (Å²) < 4.78 is 6.27. The summed E-state index contributed by atoms with van der Waals surface area (Å²) in [5.41, 5.74) is 1.41. The molecule has 3 aromatic rings. The molecule has 0 heterocycles. The molecule has 0 spiro atoms. The number of urea groups is 1. The number of methoxy groups -OCH3 is 1. The largest absolute Gasteiger partial charge is 0.495 e. The van der Waals surface area contributed by atoms with E-state index in [2.05, 4.69) is 23.4 Å². The minimum atomic E-state index is -0.642. The zero-order chi connectivity index (χ0) is 22.4. The van der Waals surface area contributed by atoms with Gasteiger partial charge in [0.1, 0.15) is 5.75 Å². The van der Waals surface area contributed by atoms with Gasteiger partial charge in [-0.25, -0.2) is 9.10 Å². The maximum atomic E-state index is 12.6. The maximum absolute atomic E-state index is 12.6. The van der Waals surface area contributed by atoms with E-state index in [9.17, 15) is 19.7 Å². The summed E-state index contributed by atoms with van der Waals surface area (Å²) in [6.07, 6.45) is 0. The van der Waals surface area contributed by atoms with Crippen LogP contribution in [0.25, 0.3) is 0 Å². The lowest BCUT2D eigenvalue weighted by Crippen LogP contribution is -2.27. The first-order valence-electron chi connectivity index (χ1n) is 8.98. The number of nitrogens with zero attached hydrogens (tertiary/aromatic N) is 2. The number of benzene rings is 3. The monoisotopic (exact) mass is 438 g/mol. The first-order valence-corrected chi connectivity index (χ1v) is 9.38. The van der Waals surface area contributed by atoms with E-state index < -0.39 is 11.0 Å². The number of anilines is 3. The lowest BCUT2D eigenvalue weighted by molar-refractivity contribution is -0.384. The summed E-state index contributed by atoms with van der Waals surface area (Å²) in [7, 11) is 1.43. The third-order valence-corrected chi connectivity index (χ3v) is 4.62. The van der Waals surface area contributed by atoms with E-state index >= 15 is 0 Å². The van der Waals surface area contributed by atoms with Crippen molar-refractivity contribution in [2.75, 3.05) is 22.0 Å². The molecular weight excluding hydrogens is 420 g/mol. The van der Waals surface area contributed by atoms with E-state index in [1.54, 1.807) is 36.4 Å². The van der Waals surface area contributed by atoms with Crippen LogP contribution in [0.5, 0.6) is 5.75 Å². The lowest BCUT2D eigenvalue weighted by Gasteiger charge is -2.20. The van der Waals surface area contributed by atoms with Gasteiger partial charge in [0.2, 0.25) is 0 Å². The van der Waals surface area contributed by atoms with Gasteiger partial charge in [-0.1, -0.05) is 31.0 Å². The molecule has 0 aliphatic rings. The summed E-state index contributed by atoms with van der Waals surface area (Å²) in [4.78, 5) is 35.4. The zero-order valence-corrected chi connectivity index (χ0v) is 17.2. The standard InChI is InChI=1S/C21H18N4O5S/c1-30-19-12-7-14(20(26)22-15-5-3-2-4-6-15)13-18(19)24(31)21(27)23-16-8-10-17(11-9-16)25(28)29/h2-13,31H,1H3,(H,22,26)(H,23,27). The number of hydrogen-bond donors (Lipinski definition) is 3. The highest BCUT2D eigenvalue weighted by Gasteiger charge is 2.19. The van der Waals surface area contributed by atoms with Gasteiger partial charge in [-0.2, -0.15) is 0 Å². The molecule has 0 saturated carbocycles. The Kier molecular flexibility index (Phi) is 6.73. The molecule has 158 valence electrons. The summed E-state index contributed by atoms with van der Waals surface area (Å²) >= 11 is 4.24. The number of nitro groups is 1. The Bertz CT molecular complexity index is 1110. The predicted octanol–water partition coefficient (Wildman–Crippen LogP) is 4.74. The lowest BCUT2D eigenvalue weighted by atomic mass is 10.1. The number of para-hydroxylation sites is 1. The Morgan fingerprint density at radius 3 is 2.23 bits per heavy atom. The second kappa shape index (κ2) is 9.63. The van der Waals surface area contributed by atoms with Crippen LogP contribution in [-0.2, 0) is 0 Å². The van der Waals surface area contributed by atoms with Crippen molar-refractivity contribution in [1.82, 2.24) is 0 Å². The fourth-order valence-electron chi connectivity index (χ4n) is 2.67. The number of ether oxygens (including phenoxy) is 1. The van der Waals surface area contributed by atoms with Gasteiger partial charge in [0, 0.05) is 29.1 Å². The van der Waals surface area contributed by atoms with Crippen LogP contribution in [0.3, 0.4) is 0 Å². The molecule has 0 radical (unpaired) electrons. The topological polar surface area (TPSA) is 114 Å². The Hall–Kier alpha value is -4.05. The van der Waals surface area contributed by atoms with E-state index in [4.69, 9.17) is 4.74 Å². The van der Waals surface area contributed by atoms with E-state index in [1.165, 1.54) is 37.4 Å². The Balaban J connectivity index is 1.79. The van der Waals surface area contributed by atoms with Crippen LogP contribution in [-0.4, -0.2) is 24.0 Å². The second-order valence-electron chi connectivity index (χ2n) is 6.25. The van der Waals surface area contributed by atoms with E-state index in [0.29, 0.717) is 22.7 Å². The van der Waals surface area contributed by atoms with Crippen LogP contribution in [0.4, 0.5) is 27.5 Å². The van der Waals surface area contributed by atoms with Gasteiger partial charge in [-0.15, -0.1) is 0 Å². The van der Waals surface area contributed by atoms with Crippen molar-refractivity contribution in [2.45, 2.75) is 0 Å². The van der Waals surface area contributed by atoms with Crippen LogP contribution >= 0.6 is 12.8 Å². The van der Waals surface area contributed by atoms with Crippen molar-refractivity contribution in [3.63, 3.8) is 0 Å². The third kappa shape index (κ3) is 5.31. The molecule has 0 saturated heterocycles. The highest BCUT2D eigenvalue weighted by molar-refractivity contribution is 7.82. The summed E-state index contributed by atoms with van der Waals surface area (Å²) in [6, 6.07) is 18.2. The van der Waals surface area contributed by atoms with E-state index in [1.807, 2.05) is 6.07 Å². The first-order chi connectivity index (χ1) is 14.9. The van der Waals surface area contributed by atoms with Crippen LogP contribution < -0.4 is 19.7 Å². The molecule has 0 fully saturated rings. The second-order valence-corrected chi connectivity index (χ2v) is 6.65. The molecule has 0 aliphatic heterocycles. The van der Waals surface area contributed by atoms with E-state index in [-0.39, 0.29) is 17.3 Å². The van der Waals surface area contributed by atoms with Gasteiger partial charge >= 0.3 is 6.03 Å². The number of rotatable bonds is 6. The molecule has 3 amide bonds. The molecule has 0 atom stereocenters. The molecule has 10 heteroatoms. The smallest absolute Gasteiger partial charge is 0.336 e. The molecule has 0 bridgehead atoms. The van der Waals surface area contributed by atoms with Gasteiger partial charge in [0.05, 0.1) is 17.7 Å². The fraction of sp³-hybridized carbons (Fsp3) is 0.0476. The van der Waals surface area contributed by atoms with Crippen molar-refractivity contribution >= 4 is 47.5 Å². The fourth-order valence-corrected chi connectivity index (χ4v) is 2.88. The van der Waals surface area contributed by atoms with Crippen LogP contribution in [0.1, 0.15) is 10.4 Å². The number of non-ortho nitro benzene ring substituents is 1. The van der Waals surface area contributed by atoms with Gasteiger partial charge < -0.3 is 15.4 Å². The van der Waals surface area contributed by atoms with Gasteiger partial charge in [0.25, 0.3) is 11.6 Å². The average molecular weight is 438 g/mol. The van der Waals surface area contributed by atoms with Crippen molar-refractivity contribution in [3.8, 4) is 5.75 Å². The summed E-state index contributed by atoms with van der Waals surface area (Å²) in [5, 5.41) is 16.1. The molecular formula is C21H18N4O5S. The predicted molar refractivity (Wildman–Crippen MR) is 121 cm³/mol. The maximum Gasteiger partial charge on any atom is 0.336 e. The number of nitro benzene ring substituents is 1. The highest BCUT2D eigenvalue weighted by atomic mass is 32.1. The highest BCUT2D eigenvalue weighted by Crippen LogP contribution is 2.31. The van der Waals surface area contributed by atoms with Crippen molar-refractivity contribution in [1.29, 1.82) is 0 Å². The van der Waals surface area contributed by atoms with Crippen LogP contribution in [0.2, 0.25) is 0 Å². The minimum Gasteiger partial charge on any atom is -0.495 e. The molecule has 0 aliphatic carbocycles. The van der Waals surface area contributed by atoms with E-state index in [0.717, 1.165) is 4.31 Å². The zero-order valence-electron chi connectivity index (χ0n) is 16.3. The number of carbonyl (C=O) groups is 2. The van der Waals surface area contributed by atoms with Gasteiger partial charge in [-0.05, 0) is 42.5 Å². The number of amides is 3. The number of carbonyl (C=O) groups excluding carboxylic acids is 2. The van der Waals surface area contributed by atoms with Crippen LogP contribution in [0, 0.1) is 10.1 Å². The van der Waals surface area contributed by atoms with Gasteiger partial charge in [0.15, 0.2) is 0 Å². The van der Waals surface area contributed by atoms with Crippen molar-refractivity contribution in [2.24, 2.45) is 0 Å². The molecule has 0 unspecified atom stereocenters. The number of nitrogens with one attached hydrogen (secondary N) is 2. The molecule has 31 heavy (non-hydrogen) atoms. The Labute approximate surface area is 183 Å². The average Bonchev–Trinajstić information content (AvgIpc) is 2.79. The quantitative estimate of drug-likeness (QED) is 0.292. The Morgan fingerprint density at radius 1 is 0.968 bits per heavy atom. The first kappa shape index (κ1) is 21.7. The summed E-state index contributed by atoms with van der Waals surface area (Å²) in [6.45, 7) is 0. The molecule has 0 aromatic heterocycles. The molecule has 9 nitrogen and oxygen atoms in total. The SMILES string of the molecule is COc1ccc(C(=O)Nc2ccccc2)cc1N(S)C(=O)Nc1ccc([N+](=O)[O-])cc1. The Morgan fingerprint density at radius 2 is 1.61 bits per heavy atom. The van der Waals surface area contributed by atoms with Gasteiger partial charge in [-0.3, -0.25) is 14.9 Å². The third-order valence-electron chi connectivity index (χ3n) is 4.22. The molecule has 3 rings (SSSR count). The minimum absolute atomic E-state index is 0.0977. The number of thiol groups is 1. The normalized spacial score (nSPS) is 10.1. The summed E-state index contributed by atoms with van der Waals surface area (Å²) in [5.74, 6) is -0.0438. The number of hydrogen-bond acceptors (Lipinski definition) is 6. The molecule has 2 N–H and O–H groups in total. The van der Waals surface area contributed by atoms with Crippen LogP contribution in [0.15, 0.2) is 72.8 Å². The molecule has 3 aromatic carbocycles.